The summed E-state index contributed by atoms with van der Waals surface area (Å²) in [4.78, 5) is 11.1. The second-order valence-electron chi connectivity index (χ2n) is 4.64. The Balaban J connectivity index is 1.67. The summed E-state index contributed by atoms with van der Waals surface area (Å²) >= 11 is 0. The highest BCUT2D eigenvalue weighted by molar-refractivity contribution is 5.70. The van der Waals surface area contributed by atoms with E-state index in [1.54, 1.807) is 0 Å². The molecule has 102 valence electrons. The highest BCUT2D eigenvalue weighted by Crippen LogP contribution is 2.23. The average molecular weight is 269 g/mol. The van der Waals surface area contributed by atoms with E-state index < -0.39 is 0 Å². The van der Waals surface area contributed by atoms with Crippen molar-refractivity contribution in [1.29, 1.82) is 0 Å². The van der Waals surface area contributed by atoms with Gasteiger partial charge in [0.15, 0.2) is 0 Å². The SMILES string of the molecule is O=C1N[C@@H](c2cccc(OCc3ccccc3)c2)CO1. The normalized spacial score (nSPS) is 17.4. The maximum Gasteiger partial charge on any atom is 0.407 e. The van der Waals surface area contributed by atoms with Crippen LogP contribution in [0.3, 0.4) is 0 Å². The lowest BCUT2D eigenvalue weighted by Crippen LogP contribution is -2.18. The Morgan fingerprint density at radius 2 is 2.00 bits per heavy atom. The minimum atomic E-state index is -0.370. The largest absolute Gasteiger partial charge is 0.489 e. The van der Waals surface area contributed by atoms with E-state index in [9.17, 15) is 4.79 Å². The minimum absolute atomic E-state index is 0.0947. The molecule has 3 rings (SSSR count). The number of benzene rings is 2. The Morgan fingerprint density at radius 1 is 1.15 bits per heavy atom. The quantitative estimate of drug-likeness (QED) is 0.928. The molecule has 4 heteroatoms. The molecule has 1 amide bonds. The molecule has 1 atom stereocenters. The number of carbonyl (C=O) groups excluding carboxylic acids is 1. The van der Waals surface area contributed by atoms with Gasteiger partial charge in [-0.2, -0.15) is 0 Å². The van der Waals surface area contributed by atoms with Crippen LogP contribution in [0, 0.1) is 0 Å². The van der Waals surface area contributed by atoms with Crippen LogP contribution in [0.15, 0.2) is 54.6 Å². The third-order valence-electron chi connectivity index (χ3n) is 3.18. The van der Waals surface area contributed by atoms with Gasteiger partial charge < -0.3 is 14.8 Å². The first kappa shape index (κ1) is 12.5. The molecule has 1 saturated heterocycles. The molecule has 1 fully saturated rings. The van der Waals surface area contributed by atoms with Crippen molar-refractivity contribution < 1.29 is 14.3 Å². The molecule has 0 radical (unpaired) electrons. The summed E-state index contributed by atoms with van der Waals surface area (Å²) < 4.78 is 10.7. The van der Waals surface area contributed by atoms with Crippen LogP contribution in [-0.2, 0) is 11.3 Å². The van der Waals surface area contributed by atoms with Crippen molar-refractivity contribution in [2.24, 2.45) is 0 Å². The van der Waals surface area contributed by atoms with Crippen molar-refractivity contribution in [2.45, 2.75) is 12.6 Å². The molecule has 0 saturated carbocycles. The second kappa shape index (κ2) is 5.65. The van der Waals surface area contributed by atoms with Gasteiger partial charge in [0.05, 0.1) is 6.04 Å². The third-order valence-corrected chi connectivity index (χ3v) is 3.18. The van der Waals surface area contributed by atoms with Gasteiger partial charge in [0.25, 0.3) is 0 Å². The fourth-order valence-corrected chi connectivity index (χ4v) is 2.13. The first-order chi connectivity index (χ1) is 9.81. The second-order valence-corrected chi connectivity index (χ2v) is 4.64. The summed E-state index contributed by atoms with van der Waals surface area (Å²) in [6, 6.07) is 17.6. The van der Waals surface area contributed by atoms with E-state index in [2.05, 4.69) is 5.32 Å². The first-order valence-corrected chi connectivity index (χ1v) is 6.51. The molecule has 2 aromatic rings. The van der Waals surface area contributed by atoms with Gasteiger partial charge in [-0.25, -0.2) is 4.79 Å². The van der Waals surface area contributed by atoms with Crippen molar-refractivity contribution in [3.05, 3.63) is 65.7 Å². The average Bonchev–Trinajstić information content (AvgIpc) is 2.93. The lowest BCUT2D eigenvalue weighted by atomic mass is 10.1. The highest BCUT2D eigenvalue weighted by Gasteiger charge is 2.23. The van der Waals surface area contributed by atoms with E-state index in [-0.39, 0.29) is 12.1 Å². The van der Waals surface area contributed by atoms with Crippen molar-refractivity contribution in [2.75, 3.05) is 6.61 Å². The van der Waals surface area contributed by atoms with E-state index >= 15 is 0 Å². The van der Waals surface area contributed by atoms with Crippen LogP contribution in [0.2, 0.25) is 0 Å². The molecular weight excluding hydrogens is 254 g/mol. The van der Waals surface area contributed by atoms with E-state index in [0.29, 0.717) is 13.2 Å². The zero-order chi connectivity index (χ0) is 13.8. The smallest absolute Gasteiger partial charge is 0.407 e. The third kappa shape index (κ3) is 2.91. The molecule has 0 spiro atoms. The van der Waals surface area contributed by atoms with E-state index in [4.69, 9.17) is 9.47 Å². The lowest BCUT2D eigenvalue weighted by Gasteiger charge is -2.11. The van der Waals surface area contributed by atoms with Gasteiger partial charge in [-0.05, 0) is 23.3 Å². The molecule has 0 bridgehead atoms. The van der Waals surface area contributed by atoms with Gasteiger partial charge in [0.1, 0.15) is 19.0 Å². The molecule has 0 unspecified atom stereocenters. The van der Waals surface area contributed by atoms with Gasteiger partial charge in [0.2, 0.25) is 0 Å². The van der Waals surface area contributed by atoms with E-state index in [1.807, 2.05) is 54.6 Å². The molecule has 1 aliphatic heterocycles. The molecule has 0 aliphatic carbocycles. The van der Waals surface area contributed by atoms with Crippen LogP contribution in [-0.4, -0.2) is 12.7 Å². The molecule has 1 aliphatic rings. The monoisotopic (exact) mass is 269 g/mol. The Labute approximate surface area is 117 Å². The Bertz CT molecular complexity index is 598. The number of nitrogens with one attached hydrogen (secondary N) is 1. The van der Waals surface area contributed by atoms with Gasteiger partial charge in [-0.1, -0.05) is 42.5 Å². The molecule has 20 heavy (non-hydrogen) atoms. The zero-order valence-corrected chi connectivity index (χ0v) is 10.9. The van der Waals surface area contributed by atoms with Crippen LogP contribution in [0.4, 0.5) is 4.79 Å². The number of hydrogen-bond donors (Lipinski definition) is 1. The Kier molecular flexibility index (Phi) is 3.54. The van der Waals surface area contributed by atoms with Crippen LogP contribution >= 0.6 is 0 Å². The molecule has 2 aromatic carbocycles. The zero-order valence-electron chi connectivity index (χ0n) is 10.9. The number of rotatable bonds is 4. The van der Waals surface area contributed by atoms with Crippen molar-refractivity contribution >= 4 is 6.09 Å². The summed E-state index contributed by atoms with van der Waals surface area (Å²) in [6.07, 6.45) is -0.370. The maximum atomic E-state index is 11.1. The van der Waals surface area contributed by atoms with Crippen molar-refractivity contribution in [3.63, 3.8) is 0 Å². The molecule has 1 heterocycles. The number of ether oxygens (including phenoxy) is 2. The topological polar surface area (TPSA) is 47.6 Å². The number of alkyl carbamates (subject to hydrolysis) is 1. The summed E-state index contributed by atoms with van der Waals surface area (Å²) in [5, 5.41) is 2.75. The van der Waals surface area contributed by atoms with Gasteiger partial charge in [-0.3, -0.25) is 0 Å². The summed E-state index contributed by atoms with van der Waals surface area (Å²) in [7, 11) is 0. The van der Waals surface area contributed by atoms with Crippen LogP contribution in [0.5, 0.6) is 5.75 Å². The summed E-state index contributed by atoms with van der Waals surface area (Å²) in [6.45, 7) is 0.888. The number of amides is 1. The number of cyclic esters (lactones) is 1. The highest BCUT2D eigenvalue weighted by atomic mass is 16.6. The number of hydrogen-bond acceptors (Lipinski definition) is 3. The van der Waals surface area contributed by atoms with Gasteiger partial charge in [0, 0.05) is 0 Å². The minimum Gasteiger partial charge on any atom is -0.489 e. The predicted molar refractivity (Wildman–Crippen MR) is 74.4 cm³/mol. The standard InChI is InChI=1S/C16H15NO3/c18-16-17-15(11-20-16)13-7-4-8-14(9-13)19-10-12-5-2-1-3-6-12/h1-9,15H,10-11H2,(H,17,18)/t15-/m1/s1. The van der Waals surface area contributed by atoms with E-state index in [0.717, 1.165) is 16.9 Å². The van der Waals surface area contributed by atoms with Crippen molar-refractivity contribution in [3.8, 4) is 5.75 Å². The predicted octanol–water partition coefficient (Wildman–Crippen LogP) is 3.05. The van der Waals surface area contributed by atoms with Crippen LogP contribution < -0.4 is 10.1 Å². The Morgan fingerprint density at radius 3 is 2.75 bits per heavy atom. The van der Waals surface area contributed by atoms with Crippen LogP contribution in [0.25, 0.3) is 0 Å². The molecular formula is C16H15NO3. The van der Waals surface area contributed by atoms with Crippen molar-refractivity contribution in [1.82, 2.24) is 5.32 Å². The fraction of sp³-hybridized carbons (Fsp3) is 0.188. The maximum absolute atomic E-state index is 11.1. The van der Waals surface area contributed by atoms with Gasteiger partial charge in [-0.15, -0.1) is 0 Å². The number of carbonyl (C=O) groups is 1. The summed E-state index contributed by atoms with van der Waals surface area (Å²) in [5.74, 6) is 0.785. The Hall–Kier alpha value is -2.49. The summed E-state index contributed by atoms with van der Waals surface area (Å²) in [5.41, 5.74) is 2.11. The molecule has 4 nitrogen and oxygen atoms in total. The fourth-order valence-electron chi connectivity index (χ4n) is 2.13. The lowest BCUT2D eigenvalue weighted by molar-refractivity contribution is 0.177. The van der Waals surface area contributed by atoms with Crippen LogP contribution in [0.1, 0.15) is 17.2 Å². The van der Waals surface area contributed by atoms with Gasteiger partial charge >= 0.3 is 6.09 Å². The first-order valence-electron chi connectivity index (χ1n) is 6.51. The van der Waals surface area contributed by atoms with E-state index in [1.165, 1.54) is 0 Å². The molecule has 1 N–H and O–H groups in total. The molecule has 0 aromatic heterocycles.